The number of amides is 2. The van der Waals surface area contributed by atoms with Crippen molar-refractivity contribution in [3.63, 3.8) is 0 Å². The predicted octanol–water partition coefficient (Wildman–Crippen LogP) is 6.02. The monoisotopic (exact) mass is 470 g/mol. The summed E-state index contributed by atoms with van der Waals surface area (Å²) in [7, 11) is 0. The van der Waals surface area contributed by atoms with Crippen LogP contribution in [0, 0.1) is 0 Å². The number of halogens is 2. The molecule has 1 atom stereocenters. The second-order valence-electron chi connectivity index (χ2n) is 8.20. The lowest BCUT2D eigenvalue weighted by Gasteiger charge is -2.30. The summed E-state index contributed by atoms with van der Waals surface area (Å²) >= 11 is 12.7. The quantitative estimate of drug-likeness (QED) is 0.437. The molecular weight excluding hydrogens is 443 g/mol. The lowest BCUT2D eigenvalue weighted by molar-refractivity contribution is -0.140. The summed E-state index contributed by atoms with van der Waals surface area (Å²) in [5.74, 6) is -0.331. The van der Waals surface area contributed by atoms with E-state index in [1.807, 2.05) is 38.1 Å². The van der Waals surface area contributed by atoms with Crippen LogP contribution in [0.4, 0.5) is 0 Å². The number of hydrogen-bond acceptors (Lipinski definition) is 2. The van der Waals surface area contributed by atoms with Crippen LogP contribution in [-0.4, -0.2) is 28.8 Å². The Labute approximate surface area is 199 Å². The fourth-order valence-corrected chi connectivity index (χ4v) is 4.25. The van der Waals surface area contributed by atoms with Crippen molar-refractivity contribution in [2.24, 2.45) is 0 Å². The highest BCUT2D eigenvalue weighted by Gasteiger charge is 2.27. The summed E-state index contributed by atoms with van der Waals surface area (Å²) < 4.78 is 0. The van der Waals surface area contributed by atoms with Gasteiger partial charge in [-0.2, -0.15) is 0 Å². The Morgan fingerprint density at radius 2 is 1.53 bits per heavy atom. The molecule has 2 amide bonds. The SMILES string of the molecule is CC(C)NC(=O)[C@H](C)N(Cc1c(Cl)cccc1Cl)C(=O)CCc1cccc2ccccc12. The summed E-state index contributed by atoms with van der Waals surface area (Å²) in [6.45, 7) is 5.68. The minimum atomic E-state index is -0.662. The van der Waals surface area contributed by atoms with Crippen LogP contribution in [0.1, 0.15) is 38.3 Å². The molecule has 0 aliphatic rings. The maximum Gasteiger partial charge on any atom is 0.242 e. The van der Waals surface area contributed by atoms with E-state index in [0.717, 1.165) is 16.3 Å². The Hall–Kier alpha value is -2.56. The minimum Gasteiger partial charge on any atom is -0.352 e. The molecule has 4 nitrogen and oxygen atoms in total. The number of carbonyl (C=O) groups is 2. The summed E-state index contributed by atoms with van der Waals surface area (Å²) in [4.78, 5) is 27.7. The van der Waals surface area contributed by atoms with Gasteiger partial charge in [0.25, 0.3) is 0 Å². The van der Waals surface area contributed by atoms with Crippen LogP contribution in [0.5, 0.6) is 0 Å². The van der Waals surface area contributed by atoms with Crippen LogP contribution in [-0.2, 0) is 22.6 Å². The third-order valence-corrected chi connectivity index (χ3v) is 6.18. The van der Waals surface area contributed by atoms with Crippen LogP contribution in [0.3, 0.4) is 0 Å². The molecule has 0 spiro atoms. The van der Waals surface area contributed by atoms with E-state index in [2.05, 4.69) is 23.5 Å². The maximum atomic E-state index is 13.4. The topological polar surface area (TPSA) is 49.4 Å². The summed E-state index contributed by atoms with van der Waals surface area (Å²) in [5.41, 5.74) is 1.74. The zero-order valence-corrected chi connectivity index (χ0v) is 20.1. The molecule has 6 heteroatoms. The van der Waals surface area contributed by atoms with Gasteiger partial charge in [-0.3, -0.25) is 9.59 Å². The van der Waals surface area contributed by atoms with Gasteiger partial charge in [0.05, 0.1) is 0 Å². The van der Waals surface area contributed by atoms with Gasteiger partial charge in [-0.1, -0.05) is 71.7 Å². The van der Waals surface area contributed by atoms with Crippen molar-refractivity contribution in [3.8, 4) is 0 Å². The highest BCUT2D eigenvalue weighted by molar-refractivity contribution is 6.36. The summed E-state index contributed by atoms with van der Waals surface area (Å²) in [6, 6.07) is 18.8. The average molecular weight is 471 g/mol. The van der Waals surface area contributed by atoms with E-state index in [1.54, 1.807) is 30.0 Å². The molecule has 3 aromatic carbocycles. The van der Waals surface area contributed by atoms with Crippen molar-refractivity contribution < 1.29 is 9.59 Å². The van der Waals surface area contributed by atoms with Gasteiger partial charge >= 0.3 is 0 Å². The molecule has 0 radical (unpaired) electrons. The van der Waals surface area contributed by atoms with Gasteiger partial charge in [-0.25, -0.2) is 0 Å². The van der Waals surface area contributed by atoms with Crippen LogP contribution in [0.15, 0.2) is 60.7 Å². The predicted molar refractivity (Wildman–Crippen MR) is 132 cm³/mol. The van der Waals surface area contributed by atoms with Gasteiger partial charge in [-0.15, -0.1) is 0 Å². The third kappa shape index (κ3) is 5.81. The summed E-state index contributed by atoms with van der Waals surface area (Å²) in [5, 5.41) is 6.11. The maximum absolute atomic E-state index is 13.4. The molecule has 168 valence electrons. The fraction of sp³-hybridized carbons (Fsp3) is 0.308. The van der Waals surface area contributed by atoms with E-state index in [1.165, 1.54) is 0 Å². The standard InChI is InChI=1S/C26H28Cl2N2O2/c1-17(2)29-26(32)18(3)30(16-22-23(27)12-7-13-24(22)28)25(31)15-14-20-10-6-9-19-8-4-5-11-21(19)20/h4-13,17-18H,14-16H2,1-3H3,(H,29,32)/t18-/m0/s1. The van der Waals surface area contributed by atoms with E-state index >= 15 is 0 Å². The molecule has 0 aliphatic carbocycles. The first-order chi connectivity index (χ1) is 15.3. The van der Waals surface area contributed by atoms with E-state index in [4.69, 9.17) is 23.2 Å². The Balaban J connectivity index is 1.84. The number of fused-ring (bicyclic) bond motifs is 1. The van der Waals surface area contributed by atoms with Crippen molar-refractivity contribution in [1.82, 2.24) is 10.2 Å². The van der Waals surface area contributed by atoms with Crippen molar-refractivity contribution in [3.05, 3.63) is 81.8 Å². The van der Waals surface area contributed by atoms with Gasteiger partial charge in [0.15, 0.2) is 0 Å². The number of aryl methyl sites for hydroxylation is 1. The first-order valence-corrected chi connectivity index (χ1v) is 11.5. The Bertz CT molecular complexity index is 1090. The van der Waals surface area contributed by atoms with Crippen molar-refractivity contribution >= 4 is 45.8 Å². The van der Waals surface area contributed by atoms with Crippen molar-refractivity contribution in [2.75, 3.05) is 0 Å². The van der Waals surface area contributed by atoms with Crippen LogP contribution in [0.2, 0.25) is 10.0 Å². The second-order valence-corrected chi connectivity index (χ2v) is 9.01. The molecule has 0 unspecified atom stereocenters. The molecule has 32 heavy (non-hydrogen) atoms. The highest BCUT2D eigenvalue weighted by atomic mass is 35.5. The average Bonchev–Trinajstić information content (AvgIpc) is 2.76. The third-order valence-electron chi connectivity index (χ3n) is 5.48. The summed E-state index contributed by atoms with van der Waals surface area (Å²) in [6.07, 6.45) is 0.848. The van der Waals surface area contributed by atoms with Gasteiger partial charge < -0.3 is 10.2 Å². The van der Waals surface area contributed by atoms with Crippen molar-refractivity contribution in [2.45, 2.75) is 52.2 Å². The molecule has 0 saturated heterocycles. The van der Waals surface area contributed by atoms with Gasteiger partial charge in [0.2, 0.25) is 11.8 Å². The zero-order valence-electron chi connectivity index (χ0n) is 18.6. The largest absolute Gasteiger partial charge is 0.352 e. The number of rotatable bonds is 8. The van der Waals surface area contributed by atoms with Crippen molar-refractivity contribution in [1.29, 1.82) is 0 Å². The van der Waals surface area contributed by atoms with Crippen LogP contribution < -0.4 is 5.32 Å². The fourth-order valence-electron chi connectivity index (χ4n) is 3.74. The number of hydrogen-bond donors (Lipinski definition) is 1. The lowest BCUT2D eigenvalue weighted by Crippen LogP contribution is -2.49. The molecule has 0 aliphatic heterocycles. The normalized spacial score (nSPS) is 12.1. The van der Waals surface area contributed by atoms with E-state index < -0.39 is 6.04 Å². The van der Waals surface area contributed by atoms with Gasteiger partial charge in [-0.05, 0) is 55.7 Å². The molecule has 0 heterocycles. The second kappa shape index (κ2) is 10.8. The molecular formula is C26H28Cl2N2O2. The number of benzene rings is 3. The van der Waals surface area contributed by atoms with E-state index in [-0.39, 0.29) is 30.8 Å². The Kier molecular flexibility index (Phi) is 8.16. The van der Waals surface area contributed by atoms with Crippen LogP contribution in [0.25, 0.3) is 10.8 Å². The number of nitrogens with one attached hydrogen (secondary N) is 1. The van der Waals surface area contributed by atoms with Crippen LogP contribution >= 0.6 is 23.2 Å². The molecule has 3 aromatic rings. The molecule has 0 bridgehead atoms. The molecule has 0 fully saturated rings. The van der Waals surface area contributed by atoms with Gasteiger partial charge in [0, 0.05) is 34.6 Å². The van der Waals surface area contributed by atoms with Gasteiger partial charge in [0.1, 0.15) is 6.04 Å². The van der Waals surface area contributed by atoms with E-state index in [0.29, 0.717) is 22.0 Å². The Morgan fingerprint density at radius 3 is 2.22 bits per heavy atom. The van der Waals surface area contributed by atoms with E-state index in [9.17, 15) is 9.59 Å². The number of nitrogens with zero attached hydrogens (tertiary/aromatic N) is 1. The number of carbonyl (C=O) groups excluding carboxylic acids is 2. The Morgan fingerprint density at radius 1 is 0.906 bits per heavy atom. The first kappa shape index (κ1) is 24.1. The molecule has 0 saturated carbocycles. The first-order valence-electron chi connectivity index (χ1n) is 10.8. The zero-order chi connectivity index (χ0) is 23.3. The lowest BCUT2D eigenvalue weighted by atomic mass is 10.0. The molecule has 3 rings (SSSR count). The molecule has 1 N–H and O–H groups in total. The minimum absolute atomic E-state index is 0.0264. The smallest absolute Gasteiger partial charge is 0.242 e. The molecule has 0 aromatic heterocycles. The highest BCUT2D eigenvalue weighted by Crippen LogP contribution is 2.27.